The first kappa shape index (κ1) is 22.9. The lowest BCUT2D eigenvalue weighted by molar-refractivity contribution is -0.143. The number of hydrogen-bond donors (Lipinski definition) is 2. The Bertz CT molecular complexity index is 912. The molecule has 1 saturated heterocycles. The van der Waals surface area contributed by atoms with Gasteiger partial charge in [-0.05, 0) is 75.8 Å². The highest BCUT2D eigenvalue weighted by Gasteiger charge is 2.56. The lowest BCUT2D eigenvalue weighted by Gasteiger charge is -2.37. The van der Waals surface area contributed by atoms with Crippen LogP contribution in [0.4, 0.5) is 18.0 Å². The zero-order chi connectivity index (χ0) is 23.3. The number of amides is 2. The maximum atomic E-state index is 13.7. The Balaban J connectivity index is 1.48. The van der Waals surface area contributed by atoms with E-state index in [0.717, 1.165) is 11.6 Å². The third-order valence-corrected chi connectivity index (χ3v) is 6.77. The number of benzene rings is 1. The second-order valence-electron chi connectivity index (χ2n) is 10.2. The molecule has 0 aromatic heterocycles. The van der Waals surface area contributed by atoms with E-state index in [-0.39, 0.29) is 24.4 Å². The summed E-state index contributed by atoms with van der Waals surface area (Å²) in [6.45, 7) is 7.23. The molecule has 2 fully saturated rings. The molecule has 4 rings (SSSR count). The molecular formula is C23H30F3N3O3. The van der Waals surface area contributed by atoms with Gasteiger partial charge < -0.3 is 20.3 Å². The van der Waals surface area contributed by atoms with Crippen molar-refractivity contribution in [2.45, 2.75) is 64.4 Å². The number of alkyl carbamates (subject to hydrolysis) is 1. The summed E-state index contributed by atoms with van der Waals surface area (Å²) in [7, 11) is 0. The number of carbonyl (C=O) groups excluding carboxylic acids is 2. The van der Waals surface area contributed by atoms with Crippen molar-refractivity contribution < 1.29 is 27.5 Å². The first-order chi connectivity index (χ1) is 14.9. The molecule has 0 spiro atoms. The Kier molecular flexibility index (Phi) is 5.68. The van der Waals surface area contributed by atoms with Crippen LogP contribution in [0.25, 0.3) is 0 Å². The van der Waals surface area contributed by atoms with E-state index in [1.165, 1.54) is 12.1 Å². The summed E-state index contributed by atoms with van der Waals surface area (Å²) in [5, 5.41) is 6.21. The zero-order valence-corrected chi connectivity index (χ0v) is 18.6. The average Bonchev–Trinajstić information content (AvgIpc) is 3.22. The molecule has 2 heterocycles. The minimum absolute atomic E-state index is 0.0379. The van der Waals surface area contributed by atoms with Crippen molar-refractivity contribution in [3.63, 3.8) is 0 Å². The van der Waals surface area contributed by atoms with Crippen molar-refractivity contribution in [3.8, 4) is 0 Å². The van der Waals surface area contributed by atoms with E-state index in [4.69, 9.17) is 4.74 Å². The predicted octanol–water partition coefficient (Wildman–Crippen LogP) is 3.48. The summed E-state index contributed by atoms with van der Waals surface area (Å²) < 4.78 is 44.8. The van der Waals surface area contributed by atoms with Gasteiger partial charge in [0.2, 0.25) is 5.91 Å². The monoisotopic (exact) mass is 453 g/mol. The van der Waals surface area contributed by atoms with Crippen LogP contribution in [0.1, 0.15) is 50.3 Å². The van der Waals surface area contributed by atoms with Crippen LogP contribution in [-0.4, -0.2) is 48.2 Å². The summed E-state index contributed by atoms with van der Waals surface area (Å²) in [5.41, 5.74) is -0.536. The molecule has 2 aliphatic heterocycles. The standard InChI is InChI=1S/C23H30F3N3O3/c1-21(2,3)32-20(31)28-18-9-17-11-27-13-22(17,10-18)19(30)29-7-6-14-4-5-16(23(24,25)26)8-15(14)12-29/h4-5,8,17-18,27H,6-7,9-13H2,1-3H3,(H,28,31)/t17-,18+,22-/m0/s1. The van der Waals surface area contributed by atoms with E-state index < -0.39 is 28.8 Å². The predicted molar refractivity (Wildman–Crippen MR) is 112 cm³/mol. The fraction of sp³-hybridized carbons (Fsp3) is 0.652. The van der Waals surface area contributed by atoms with Crippen molar-refractivity contribution in [1.82, 2.24) is 15.5 Å². The molecule has 9 heteroatoms. The second kappa shape index (κ2) is 7.93. The van der Waals surface area contributed by atoms with Gasteiger partial charge in [-0.1, -0.05) is 6.07 Å². The van der Waals surface area contributed by atoms with Gasteiger partial charge in [-0.25, -0.2) is 4.79 Å². The molecule has 1 saturated carbocycles. The molecule has 6 nitrogen and oxygen atoms in total. The van der Waals surface area contributed by atoms with Crippen LogP contribution in [0.2, 0.25) is 0 Å². The summed E-state index contributed by atoms with van der Waals surface area (Å²) >= 11 is 0. The van der Waals surface area contributed by atoms with Crippen LogP contribution < -0.4 is 10.6 Å². The molecule has 0 unspecified atom stereocenters. The Labute approximate surface area is 185 Å². The topological polar surface area (TPSA) is 70.7 Å². The number of nitrogens with one attached hydrogen (secondary N) is 2. The van der Waals surface area contributed by atoms with Gasteiger partial charge in [-0.2, -0.15) is 13.2 Å². The number of carbonyl (C=O) groups is 2. The highest BCUT2D eigenvalue weighted by Crippen LogP contribution is 2.48. The summed E-state index contributed by atoms with van der Waals surface area (Å²) in [4.78, 5) is 27.6. The van der Waals surface area contributed by atoms with E-state index in [0.29, 0.717) is 44.5 Å². The van der Waals surface area contributed by atoms with Gasteiger partial charge in [0.1, 0.15) is 5.60 Å². The fourth-order valence-corrected chi connectivity index (χ4v) is 5.37. The number of hydrogen-bond acceptors (Lipinski definition) is 4. The maximum absolute atomic E-state index is 13.7. The van der Waals surface area contributed by atoms with Crippen molar-refractivity contribution in [3.05, 3.63) is 34.9 Å². The Morgan fingerprint density at radius 2 is 1.97 bits per heavy atom. The molecule has 1 aromatic rings. The first-order valence-corrected chi connectivity index (χ1v) is 11.1. The minimum Gasteiger partial charge on any atom is -0.444 e. The SMILES string of the molecule is CC(C)(C)OC(=O)N[C@@H]1C[C@H]2CNC[C@@]2(C(=O)N2CCc3ccc(C(F)(F)F)cc3C2)C1. The lowest BCUT2D eigenvalue weighted by atomic mass is 9.78. The van der Waals surface area contributed by atoms with Crippen LogP contribution in [-0.2, 0) is 28.7 Å². The third kappa shape index (κ3) is 4.44. The maximum Gasteiger partial charge on any atom is 0.416 e. The first-order valence-electron chi connectivity index (χ1n) is 11.1. The van der Waals surface area contributed by atoms with Crippen molar-refractivity contribution >= 4 is 12.0 Å². The van der Waals surface area contributed by atoms with Gasteiger partial charge in [0.15, 0.2) is 0 Å². The van der Waals surface area contributed by atoms with Gasteiger partial charge in [-0.15, -0.1) is 0 Å². The summed E-state index contributed by atoms with van der Waals surface area (Å²) in [6, 6.07) is 3.62. The van der Waals surface area contributed by atoms with Gasteiger partial charge in [0.05, 0.1) is 11.0 Å². The highest BCUT2D eigenvalue weighted by molar-refractivity contribution is 5.85. The molecule has 32 heavy (non-hydrogen) atoms. The molecule has 0 radical (unpaired) electrons. The molecule has 1 aromatic carbocycles. The second-order valence-corrected chi connectivity index (χ2v) is 10.2. The minimum atomic E-state index is -4.41. The lowest BCUT2D eigenvalue weighted by Crippen LogP contribution is -2.49. The Hall–Kier alpha value is -2.29. The van der Waals surface area contributed by atoms with E-state index in [9.17, 15) is 22.8 Å². The molecule has 3 aliphatic rings. The summed E-state index contributed by atoms with van der Waals surface area (Å²) in [5.74, 6) is 0.0295. The molecular weight excluding hydrogens is 423 g/mol. The van der Waals surface area contributed by atoms with Crippen molar-refractivity contribution in [2.75, 3.05) is 19.6 Å². The highest BCUT2D eigenvalue weighted by atomic mass is 19.4. The number of alkyl halides is 3. The number of rotatable bonds is 2. The number of fused-ring (bicyclic) bond motifs is 2. The van der Waals surface area contributed by atoms with Crippen LogP contribution in [0.3, 0.4) is 0 Å². The van der Waals surface area contributed by atoms with Crippen LogP contribution in [0.5, 0.6) is 0 Å². The Morgan fingerprint density at radius 3 is 2.66 bits per heavy atom. The third-order valence-electron chi connectivity index (χ3n) is 6.77. The van der Waals surface area contributed by atoms with Crippen LogP contribution in [0, 0.1) is 11.3 Å². The number of halogens is 3. The summed E-state index contributed by atoms with van der Waals surface area (Å²) in [6.07, 6.45) is -3.21. The fourth-order valence-electron chi connectivity index (χ4n) is 5.37. The molecule has 176 valence electrons. The molecule has 1 aliphatic carbocycles. The van der Waals surface area contributed by atoms with Gasteiger partial charge in [-0.3, -0.25) is 4.79 Å². The van der Waals surface area contributed by atoms with Crippen LogP contribution in [0.15, 0.2) is 18.2 Å². The van der Waals surface area contributed by atoms with E-state index in [2.05, 4.69) is 10.6 Å². The molecule has 2 N–H and O–H groups in total. The van der Waals surface area contributed by atoms with Gasteiger partial charge in [0, 0.05) is 25.7 Å². The van der Waals surface area contributed by atoms with Crippen molar-refractivity contribution in [2.24, 2.45) is 11.3 Å². The quantitative estimate of drug-likeness (QED) is 0.719. The average molecular weight is 454 g/mol. The largest absolute Gasteiger partial charge is 0.444 e. The number of nitrogens with zero attached hydrogens (tertiary/aromatic N) is 1. The van der Waals surface area contributed by atoms with E-state index >= 15 is 0 Å². The van der Waals surface area contributed by atoms with Gasteiger partial charge >= 0.3 is 12.3 Å². The Morgan fingerprint density at radius 1 is 1.22 bits per heavy atom. The van der Waals surface area contributed by atoms with Crippen LogP contribution >= 0.6 is 0 Å². The van der Waals surface area contributed by atoms with E-state index in [1.54, 1.807) is 25.7 Å². The van der Waals surface area contributed by atoms with Crippen molar-refractivity contribution in [1.29, 1.82) is 0 Å². The molecule has 3 atom stereocenters. The smallest absolute Gasteiger partial charge is 0.416 e. The normalized spacial score (nSPS) is 27.6. The molecule has 2 amide bonds. The molecule has 0 bridgehead atoms. The zero-order valence-electron chi connectivity index (χ0n) is 18.6. The van der Waals surface area contributed by atoms with Gasteiger partial charge in [0.25, 0.3) is 0 Å². The number of ether oxygens (including phenoxy) is 1. The van der Waals surface area contributed by atoms with E-state index in [1.807, 2.05) is 0 Å².